The lowest BCUT2D eigenvalue weighted by molar-refractivity contribution is 0.0490. The Morgan fingerprint density at radius 1 is 1.00 bits per heavy atom. The van der Waals surface area contributed by atoms with E-state index in [9.17, 15) is 9.59 Å². The maximum Gasteiger partial charge on any atom is 0.420 e. The first-order valence-electron chi connectivity index (χ1n) is 14.8. The van der Waals surface area contributed by atoms with Crippen LogP contribution < -0.4 is 26.0 Å². The lowest BCUT2D eigenvalue weighted by Gasteiger charge is -2.32. The third kappa shape index (κ3) is 7.99. The molecule has 0 saturated heterocycles. The number of benzene rings is 1. The molecule has 0 aliphatic heterocycles. The van der Waals surface area contributed by atoms with Gasteiger partial charge in [0, 0.05) is 17.6 Å². The van der Waals surface area contributed by atoms with Gasteiger partial charge in [0.1, 0.15) is 22.8 Å². The van der Waals surface area contributed by atoms with Gasteiger partial charge in [-0.2, -0.15) is 9.61 Å². The van der Waals surface area contributed by atoms with Crippen LogP contribution >= 0.6 is 0 Å². The predicted molar refractivity (Wildman–Crippen MR) is 167 cm³/mol. The van der Waals surface area contributed by atoms with Crippen LogP contribution in [0.5, 0.6) is 5.75 Å². The zero-order chi connectivity index (χ0) is 31.5. The minimum Gasteiger partial charge on any atom is -0.494 e. The van der Waals surface area contributed by atoms with Crippen molar-refractivity contribution in [2.45, 2.75) is 104 Å². The molecule has 0 radical (unpaired) electrons. The minimum atomic E-state index is -0.739. The van der Waals surface area contributed by atoms with Crippen molar-refractivity contribution >= 4 is 40.8 Å². The van der Waals surface area contributed by atoms with Gasteiger partial charge in [-0.25, -0.2) is 19.5 Å². The second-order valence-corrected chi connectivity index (χ2v) is 12.8. The summed E-state index contributed by atoms with van der Waals surface area (Å²) in [6, 6.07) is 7.36. The summed E-state index contributed by atoms with van der Waals surface area (Å²) in [6.45, 7) is 15.3. The van der Waals surface area contributed by atoms with Crippen LogP contribution in [0.3, 0.4) is 0 Å². The fraction of sp³-hybridized carbons (Fsp3) is 0.548. The van der Waals surface area contributed by atoms with Crippen molar-refractivity contribution in [3.63, 3.8) is 0 Å². The number of fused-ring (bicyclic) bond motifs is 1. The summed E-state index contributed by atoms with van der Waals surface area (Å²) in [5.41, 5.74) is 7.08. The second-order valence-electron chi connectivity index (χ2n) is 12.8. The lowest BCUT2D eigenvalue weighted by Crippen LogP contribution is -2.42. The van der Waals surface area contributed by atoms with E-state index in [1.54, 1.807) is 16.6 Å². The van der Waals surface area contributed by atoms with Crippen molar-refractivity contribution < 1.29 is 23.8 Å². The van der Waals surface area contributed by atoms with Crippen LogP contribution in [-0.4, -0.2) is 56.7 Å². The molecule has 0 unspecified atom stereocenters. The van der Waals surface area contributed by atoms with Crippen LogP contribution in [0.1, 0.15) is 79.7 Å². The first kappa shape index (κ1) is 31.7. The lowest BCUT2D eigenvalue weighted by atomic mass is 9.91. The van der Waals surface area contributed by atoms with E-state index in [2.05, 4.69) is 15.7 Å². The largest absolute Gasteiger partial charge is 0.494 e. The molecule has 2 aromatic heterocycles. The van der Waals surface area contributed by atoms with Crippen LogP contribution in [-0.2, 0) is 9.47 Å². The van der Waals surface area contributed by atoms with Gasteiger partial charge < -0.3 is 30.6 Å². The Balaban J connectivity index is 1.65. The molecule has 43 heavy (non-hydrogen) atoms. The molecule has 1 fully saturated rings. The van der Waals surface area contributed by atoms with Crippen molar-refractivity contribution in [2.75, 3.05) is 22.6 Å². The van der Waals surface area contributed by atoms with Crippen LogP contribution in [0.25, 0.3) is 5.65 Å². The molecule has 4 N–H and O–H groups in total. The Kier molecular flexibility index (Phi) is 9.26. The zero-order valence-electron chi connectivity index (χ0n) is 26.5. The van der Waals surface area contributed by atoms with Gasteiger partial charge in [-0.15, -0.1) is 0 Å². The number of hydrogen-bond donors (Lipinski definition) is 3. The number of nitrogens with one attached hydrogen (secondary N) is 2. The Morgan fingerprint density at radius 2 is 1.60 bits per heavy atom. The van der Waals surface area contributed by atoms with Crippen LogP contribution in [0.2, 0.25) is 0 Å². The topological polar surface area (TPSA) is 145 Å². The Bertz CT molecular complexity index is 1430. The third-order valence-electron chi connectivity index (χ3n) is 6.86. The van der Waals surface area contributed by atoms with Gasteiger partial charge in [0.15, 0.2) is 11.5 Å². The van der Waals surface area contributed by atoms with E-state index in [4.69, 9.17) is 24.9 Å². The molecule has 0 atom stereocenters. The van der Waals surface area contributed by atoms with Gasteiger partial charge in [0.05, 0.1) is 24.2 Å². The standard InChI is InChI=1S/C31H45N7O5/c1-9-41-23-16-14-22(15-17-23)37(29(40)43-31(6,7)8)27-19(2)25(36-26-24(32)18-33-38(26)27)34-20-10-12-21(13-11-20)35-28(39)42-30(3,4)5/h14-18,20-21H,9-13,32H2,1-8H3,(H,34,36)(H,35,39)/t20-,21-. The first-order chi connectivity index (χ1) is 20.1. The molecule has 0 spiro atoms. The quantitative estimate of drug-likeness (QED) is 0.285. The van der Waals surface area contributed by atoms with Crippen LogP contribution in [0.4, 0.5) is 32.6 Å². The number of hydrogen-bond acceptors (Lipinski definition) is 9. The van der Waals surface area contributed by atoms with E-state index >= 15 is 0 Å². The number of nitrogens with zero attached hydrogens (tertiary/aromatic N) is 4. The molecular formula is C31H45N7O5. The molecule has 234 valence electrons. The van der Waals surface area contributed by atoms with E-state index in [0.717, 1.165) is 25.7 Å². The molecule has 3 aromatic rings. The fourth-order valence-corrected chi connectivity index (χ4v) is 5.01. The first-order valence-corrected chi connectivity index (χ1v) is 14.8. The number of ether oxygens (including phenoxy) is 3. The molecule has 1 saturated carbocycles. The van der Waals surface area contributed by atoms with Gasteiger partial charge >= 0.3 is 12.2 Å². The van der Waals surface area contributed by atoms with Crippen LogP contribution in [0.15, 0.2) is 30.5 Å². The molecule has 4 rings (SSSR count). The van der Waals surface area contributed by atoms with E-state index < -0.39 is 23.4 Å². The van der Waals surface area contributed by atoms with Crippen molar-refractivity contribution in [1.29, 1.82) is 0 Å². The number of aromatic nitrogens is 3. The molecular weight excluding hydrogens is 550 g/mol. The van der Waals surface area contributed by atoms with E-state index in [1.165, 1.54) is 11.1 Å². The highest BCUT2D eigenvalue weighted by Crippen LogP contribution is 2.36. The average Bonchev–Trinajstić information content (AvgIpc) is 3.26. The van der Waals surface area contributed by atoms with Gasteiger partial charge in [-0.05, 0) is 105 Å². The predicted octanol–water partition coefficient (Wildman–Crippen LogP) is 6.34. The summed E-state index contributed by atoms with van der Waals surface area (Å²) in [5, 5.41) is 11.0. The molecule has 1 aliphatic rings. The minimum absolute atomic E-state index is 0.0350. The van der Waals surface area contributed by atoms with Gasteiger partial charge in [-0.3, -0.25) is 0 Å². The van der Waals surface area contributed by atoms with Crippen molar-refractivity contribution in [3.8, 4) is 5.75 Å². The van der Waals surface area contributed by atoms with Gasteiger partial charge in [-0.1, -0.05) is 0 Å². The summed E-state index contributed by atoms with van der Waals surface area (Å²) < 4.78 is 18.5. The number of anilines is 4. The maximum absolute atomic E-state index is 13.8. The fourth-order valence-electron chi connectivity index (χ4n) is 5.01. The zero-order valence-corrected chi connectivity index (χ0v) is 26.5. The Hall–Kier alpha value is -4.22. The highest BCUT2D eigenvalue weighted by molar-refractivity contribution is 5.97. The Morgan fingerprint density at radius 3 is 2.19 bits per heavy atom. The van der Waals surface area contributed by atoms with Crippen LogP contribution in [0, 0.1) is 6.92 Å². The highest BCUT2D eigenvalue weighted by atomic mass is 16.6. The van der Waals surface area contributed by atoms with E-state index in [0.29, 0.717) is 46.6 Å². The monoisotopic (exact) mass is 595 g/mol. The number of nitrogens with two attached hydrogens (primary N) is 1. The summed E-state index contributed by atoms with van der Waals surface area (Å²) in [5.74, 6) is 1.75. The number of carbonyl (C=O) groups is 2. The van der Waals surface area contributed by atoms with E-state index in [-0.39, 0.29) is 12.1 Å². The van der Waals surface area contributed by atoms with Crippen molar-refractivity contribution in [3.05, 3.63) is 36.0 Å². The SMILES string of the molecule is CCOc1ccc(N(C(=O)OC(C)(C)C)c2c(C)c(N[C@H]3CC[C@H](NC(=O)OC(C)(C)C)CC3)nc3c(N)cnn23)cc1. The normalized spacial score (nSPS) is 17.3. The number of nitrogen functional groups attached to an aromatic ring is 1. The molecule has 12 nitrogen and oxygen atoms in total. The number of carbonyl (C=O) groups excluding carboxylic acids is 2. The molecule has 1 aliphatic carbocycles. The smallest absolute Gasteiger partial charge is 0.420 e. The summed E-state index contributed by atoms with van der Waals surface area (Å²) in [6.07, 6.45) is 3.75. The van der Waals surface area contributed by atoms with Crippen molar-refractivity contribution in [2.24, 2.45) is 0 Å². The van der Waals surface area contributed by atoms with Gasteiger partial charge in [0.25, 0.3) is 0 Å². The molecule has 12 heteroatoms. The number of amides is 2. The molecule has 0 bridgehead atoms. The molecule has 1 aromatic carbocycles. The Labute approximate surface area is 253 Å². The molecule has 2 heterocycles. The average molecular weight is 596 g/mol. The highest BCUT2D eigenvalue weighted by Gasteiger charge is 2.32. The van der Waals surface area contributed by atoms with Gasteiger partial charge in [0.2, 0.25) is 0 Å². The maximum atomic E-state index is 13.8. The molecule has 2 amide bonds. The van der Waals surface area contributed by atoms with E-state index in [1.807, 2.05) is 67.5 Å². The second kappa shape index (κ2) is 12.6. The number of alkyl carbamates (subject to hydrolysis) is 1. The summed E-state index contributed by atoms with van der Waals surface area (Å²) in [4.78, 5) is 32.4. The number of rotatable bonds is 7. The summed E-state index contributed by atoms with van der Waals surface area (Å²) >= 11 is 0. The third-order valence-corrected chi connectivity index (χ3v) is 6.86. The van der Waals surface area contributed by atoms with Crippen molar-refractivity contribution in [1.82, 2.24) is 19.9 Å². The summed E-state index contributed by atoms with van der Waals surface area (Å²) in [7, 11) is 0.